The predicted octanol–water partition coefficient (Wildman–Crippen LogP) is 2.49. The predicted molar refractivity (Wildman–Crippen MR) is 67.7 cm³/mol. The molecular weight excluding hydrogens is 267 g/mol. The number of thiophene rings is 1. The van der Waals surface area contributed by atoms with Crippen molar-refractivity contribution >= 4 is 40.4 Å². The van der Waals surface area contributed by atoms with Gasteiger partial charge < -0.3 is 10.2 Å². The van der Waals surface area contributed by atoms with Crippen LogP contribution in [-0.4, -0.2) is 37.0 Å². The van der Waals surface area contributed by atoms with E-state index in [1.807, 2.05) is 11.9 Å². The molecular formula is C10H12Cl2N2OS. The number of halogens is 2. The first-order chi connectivity index (χ1) is 7.61. The van der Waals surface area contributed by atoms with Gasteiger partial charge in [-0.05, 0) is 19.5 Å². The first-order valence-electron chi connectivity index (χ1n) is 5.03. The minimum atomic E-state index is -0.0223. The largest absolute Gasteiger partial charge is 0.337 e. The van der Waals surface area contributed by atoms with Crippen molar-refractivity contribution in [2.45, 2.75) is 12.5 Å². The van der Waals surface area contributed by atoms with Gasteiger partial charge in [0.1, 0.15) is 4.34 Å². The Morgan fingerprint density at radius 2 is 2.38 bits per heavy atom. The molecule has 1 unspecified atom stereocenters. The molecule has 1 fully saturated rings. The molecule has 0 aromatic carbocycles. The maximum Gasteiger partial charge on any atom is 0.256 e. The van der Waals surface area contributed by atoms with Crippen LogP contribution in [0.25, 0.3) is 0 Å². The monoisotopic (exact) mass is 278 g/mol. The van der Waals surface area contributed by atoms with Gasteiger partial charge in [0.25, 0.3) is 5.91 Å². The van der Waals surface area contributed by atoms with E-state index in [0.717, 1.165) is 19.5 Å². The van der Waals surface area contributed by atoms with Gasteiger partial charge in [0.2, 0.25) is 0 Å². The van der Waals surface area contributed by atoms with Crippen LogP contribution in [0.4, 0.5) is 0 Å². The molecule has 1 aliphatic heterocycles. The van der Waals surface area contributed by atoms with E-state index in [1.54, 1.807) is 6.07 Å². The van der Waals surface area contributed by atoms with E-state index < -0.39 is 0 Å². The summed E-state index contributed by atoms with van der Waals surface area (Å²) in [6.45, 7) is 1.51. The lowest BCUT2D eigenvalue weighted by atomic mass is 10.3. The maximum absolute atomic E-state index is 12.1. The molecule has 1 aromatic rings. The van der Waals surface area contributed by atoms with Crippen molar-refractivity contribution in [2.75, 3.05) is 20.1 Å². The van der Waals surface area contributed by atoms with Gasteiger partial charge in [-0.3, -0.25) is 4.79 Å². The van der Waals surface area contributed by atoms with Gasteiger partial charge in [-0.15, -0.1) is 11.3 Å². The highest BCUT2D eigenvalue weighted by molar-refractivity contribution is 7.20. The third-order valence-electron chi connectivity index (χ3n) is 2.77. The van der Waals surface area contributed by atoms with Crippen LogP contribution in [0, 0.1) is 0 Å². The summed E-state index contributed by atoms with van der Waals surface area (Å²) < 4.78 is 1.03. The second-order valence-electron chi connectivity index (χ2n) is 3.76. The van der Waals surface area contributed by atoms with Gasteiger partial charge in [0.15, 0.2) is 0 Å². The van der Waals surface area contributed by atoms with Crippen molar-refractivity contribution in [1.29, 1.82) is 0 Å². The van der Waals surface area contributed by atoms with E-state index in [4.69, 9.17) is 23.2 Å². The van der Waals surface area contributed by atoms with Crippen LogP contribution in [0.2, 0.25) is 8.67 Å². The van der Waals surface area contributed by atoms with E-state index in [1.165, 1.54) is 11.3 Å². The Balaban J connectivity index is 2.11. The lowest BCUT2D eigenvalue weighted by Crippen LogP contribution is -2.33. The number of likely N-dealkylation sites (tertiary alicyclic amines) is 1. The van der Waals surface area contributed by atoms with Crippen molar-refractivity contribution in [3.8, 4) is 0 Å². The summed E-state index contributed by atoms with van der Waals surface area (Å²) in [7, 11) is 1.91. The fraction of sp³-hybridized carbons (Fsp3) is 0.500. The van der Waals surface area contributed by atoms with Crippen LogP contribution in [0.15, 0.2) is 6.07 Å². The van der Waals surface area contributed by atoms with Gasteiger partial charge in [-0.1, -0.05) is 23.2 Å². The molecule has 1 amide bonds. The van der Waals surface area contributed by atoms with Gasteiger partial charge in [-0.2, -0.15) is 0 Å². The average molecular weight is 279 g/mol. The summed E-state index contributed by atoms with van der Waals surface area (Å²) in [5.41, 5.74) is 0.522. The number of hydrogen-bond acceptors (Lipinski definition) is 3. The Hall–Kier alpha value is -0.290. The van der Waals surface area contributed by atoms with Crippen LogP contribution in [-0.2, 0) is 0 Å². The lowest BCUT2D eigenvalue weighted by molar-refractivity contribution is 0.0790. The third kappa shape index (κ3) is 2.35. The summed E-state index contributed by atoms with van der Waals surface area (Å²) in [6, 6.07) is 2.03. The first kappa shape index (κ1) is 12.2. The fourth-order valence-electron chi connectivity index (χ4n) is 1.84. The molecule has 2 heterocycles. The molecule has 1 atom stereocenters. The standard InChI is InChI=1S/C10H12Cl2N2OS/c1-13-6-2-3-14(5-6)10(15)7-4-8(11)16-9(7)12/h4,6,13H,2-3,5H2,1H3. The number of likely N-dealkylation sites (N-methyl/N-ethyl adjacent to an activating group) is 1. The molecule has 1 N–H and O–H groups in total. The number of carbonyl (C=O) groups excluding carboxylic acids is 1. The summed E-state index contributed by atoms with van der Waals surface area (Å²) in [5.74, 6) is -0.0223. The maximum atomic E-state index is 12.1. The van der Waals surface area contributed by atoms with Gasteiger partial charge in [0.05, 0.1) is 9.90 Å². The van der Waals surface area contributed by atoms with Crippen LogP contribution in [0.5, 0.6) is 0 Å². The quantitative estimate of drug-likeness (QED) is 0.902. The average Bonchev–Trinajstić information content (AvgIpc) is 2.84. The van der Waals surface area contributed by atoms with Gasteiger partial charge in [0, 0.05) is 19.1 Å². The second-order valence-corrected chi connectivity index (χ2v) is 6.05. The molecule has 0 saturated carbocycles. The van der Waals surface area contributed by atoms with Gasteiger partial charge in [-0.25, -0.2) is 0 Å². The first-order valence-corrected chi connectivity index (χ1v) is 6.60. The molecule has 16 heavy (non-hydrogen) atoms. The number of hydrogen-bond donors (Lipinski definition) is 1. The lowest BCUT2D eigenvalue weighted by Gasteiger charge is -2.15. The minimum absolute atomic E-state index is 0.0223. The van der Waals surface area contributed by atoms with E-state index in [-0.39, 0.29) is 5.91 Å². The molecule has 1 aromatic heterocycles. The van der Waals surface area contributed by atoms with Crippen molar-refractivity contribution in [3.63, 3.8) is 0 Å². The van der Waals surface area contributed by atoms with Crippen LogP contribution in [0.1, 0.15) is 16.8 Å². The Bertz CT molecular complexity index is 408. The van der Waals surface area contributed by atoms with Crippen LogP contribution < -0.4 is 5.32 Å². The van der Waals surface area contributed by atoms with Crippen LogP contribution >= 0.6 is 34.5 Å². The minimum Gasteiger partial charge on any atom is -0.337 e. The molecule has 2 rings (SSSR count). The highest BCUT2D eigenvalue weighted by atomic mass is 35.5. The topological polar surface area (TPSA) is 32.3 Å². The molecule has 6 heteroatoms. The van der Waals surface area contributed by atoms with E-state index in [9.17, 15) is 4.79 Å². The highest BCUT2D eigenvalue weighted by Gasteiger charge is 2.27. The Morgan fingerprint density at radius 1 is 1.62 bits per heavy atom. The number of carbonyl (C=O) groups is 1. The Kier molecular flexibility index (Phi) is 3.74. The zero-order chi connectivity index (χ0) is 11.7. The zero-order valence-corrected chi connectivity index (χ0v) is 11.1. The van der Waals surface area contributed by atoms with Crippen LogP contribution in [0.3, 0.4) is 0 Å². The molecule has 1 aliphatic rings. The summed E-state index contributed by atoms with van der Waals surface area (Å²) >= 11 is 13.0. The molecule has 0 bridgehead atoms. The Morgan fingerprint density at radius 3 is 2.88 bits per heavy atom. The molecule has 1 saturated heterocycles. The molecule has 88 valence electrons. The summed E-state index contributed by atoms with van der Waals surface area (Å²) in [6.07, 6.45) is 0.984. The number of nitrogens with zero attached hydrogens (tertiary/aromatic N) is 1. The van der Waals surface area contributed by atoms with E-state index in [2.05, 4.69) is 5.32 Å². The molecule has 3 nitrogen and oxygen atoms in total. The molecule has 0 spiro atoms. The molecule has 0 aliphatic carbocycles. The Labute approximate surface area is 108 Å². The molecule has 0 radical (unpaired) electrons. The van der Waals surface area contributed by atoms with Crippen molar-refractivity contribution < 1.29 is 4.79 Å². The third-order valence-corrected chi connectivity index (χ3v) is 4.26. The summed E-state index contributed by atoms with van der Waals surface area (Å²) in [5, 5.41) is 3.17. The van der Waals surface area contributed by atoms with Crippen molar-refractivity contribution in [1.82, 2.24) is 10.2 Å². The number of amides is 1. The van der Waals surface area contributed by atoms with E-state index >= 15 is 0 Å². The second kappa shape index (κ2) is 4.92. The fourth-order valence-corrected chi connectivity index (χ4v) is 3.28. The van der Waals surface area contributed by atoms with Crippen molar-refractivity contribution in [2.24, 2.45) is 0 Å². The van der Waals surface area contributed by atoms with Crippen molar-refractivity contribution in [3.05, 3.63) is 20.3 Å². The SMILES string of the molecule is CNC1CCN(C(=O)c2cc(Cl)sc2Cl)C1. The normalized spacial score (nSPS) is 20.4. The van der Waals surface area contributed by atoms with E-state index in [0.29, 0.717) is 20.3 Å². The number of rotatable bonds is 2. The zero-order valence-electron chi connectivity index (χ0n) is 8.80. The smallest absolute Gasteiger partial charge is 0.256 e. The highest BCUT2D eigenvalue weighted by Crippen LogP contribution is 2.32. The number of nitrogens with one attached hydrogen (secondary N) is 1. The summed E-state index contributed by atoms with van der Waals surface area (Å²) in [4.78, 5) is 13.9. The van der Waals surface area contributed by atoms with Gasteiger partial charge >= 0.3 is 0 Å².